The van der Waals surface area contributed by atoms with Gasteiger partial charge in [0.25, 0.3) is 0 Å². The lowest BCUT2D eigenvalue weighted by atomic mass is 10.1. The fraction of sp³-hybridized carbons (Fsp3) is 0.632. The van der Waals surface area contributed by atoms with Crippen molar-refractivity contribution in [1.29, 1.82) is 0 Å². The highest BCUT2D eigenvalue weighted by Crippen LogP contribution is 2.42. The Hall–Kier alpha value is -1.04. The molecule has 2 aliphatic heterocycles. The Bertz CT molecular complexity index is 546. The zero-order valence-corrected chi connectivity index (χ0v) is 15.2. The smallest absolute Gasteiger partial charge is 0.306 e. The van der Waals surface area contributed by atoms with Gasteiger partial charge in [0.1, 0.15) is 6.61 Å². The summed E-state index contributed by atoms with van der Waals surface area (Å²) in [6, 6.07) is 9.78. The Labute approximate surface area is 148 Å². The van der Waals surface area contributed by atoms with E-state index < -0.39 is 5.79 Å². The second-order valence-electron chi connectivity index (χ2n) is 6.90. The van der Waals surface area contributed by atoms with Gasteiger partial charge in [-0.05, 0) is 32.3 Å². The standard InChI is InChI=1S/C19H26O4S/c1-19(2)22-15-13-24-16(18(15)23-19)10-6-7-11-17(20)21-12-14-8-4-3-5-9-14/h3-5,8-9,15-16,18H,6-7,10-13H2,1-2H3/t15?,16-,18-/m0/s1. The summed E-state index contributed by atoms with van der Waals surface area (Å²) < 4.78 is 17.2. The van der Waals surface area contributed by atoms with Gasteiger partial charge in [0.05, 0.1) is 12.2 Å². The molecule has 4 nitrogen and oxygen atoms in total. The number of carbonyl (C=O) groups is 1. The third-order valence-corrected chi connectivity index (χ3v) is 5.88. The fourth-order valence-corrected chi connectivity index (χ4v) is 4.74. The molecule has 2 heterocycles. The number of hydrogen-bond acceptors (Lipinski definition) is 5. The third kappa shape index (κ3) is 4.74. The van der Waals surface area contributed by atoms with Crippen LogP contribution in [0, 0.1) is 0 Å². The highest BCUT2D eigenvalue weighted by Gasteiger charge is 2.49. The summed E-state index contributed by atoms with van der Waals surface area (Å²) in [6.07, 6.45) is 3.87. The molecule has 2 fully saturated rings. The molecule has 1 aromatic rings. The van der Waals surface area contributed by atoms with Crippen LogP contribution in [0.2, 0.25) is 0 Å². The first kappa shape index (κ1) is 17.8. The molecular formula is C19H26O4S. The molecule has 0 aliphatic carbocycles. The second kappa shape index (κ2) is 7.89. The number of rotatable bonds is 7. The predicted molar refractivity (Wildman–Crippen MR) is 94.8 cm³/mol. The highest BCUT2D eigenvalue weighted by atomic mass is 32.2. The molecule has 2 aliphatic rings. The molecule has 3 rings (SSSR count). The summed E-state index contributed by atoms with van der Waals surface area (Å²) in [6.45, 7) is 4.33. The summed E-state index contributed by atoms with van der Waals surface area (Å²) >= 11 is 1.94. The maximum Gasteiger partial charge on any atom is 0.306 e. The average Bonchev–Trinajstić information content (AvgIpc) is 3.06. The fourth-order valence-electron chi connectivity index (χ4n) is 3.29. The van der Waals surface area contributed by atoms with Gasteiger partial charge in [0.15, 0.2) is 5.79 Å². The minimum atomic E-state index is -0.449. The van der Waals surface area contributed by atoms with E-state index in [9.17, 15) is 4.79 Å². The van der Waals surface area contributed by atoms with Gasteiger partial charge in [-0.3, -0.25) is 4.79 Å². The minimum Gasteiger partial charge on any atom is -0.461 e. The van der Waals surface area contributed by atoms with Gasteiger partial charge in [-0.25, -0.2) is 0 Å². The molecule has 2 saturated heterocycles. The lowest BCUT2D eigenvalue weighted by Gasteiger charge is -2.21. The van der Waals surface area contributed by atoms with E-state index in [1.807, 2.05) is 55.9 Å². The Kier molecular flexibility index (Phi) is 5.85. The third-order valence-electron chi connectivity index (χ3n) is 4.42. The Morgan fingerprint density at radius 1 is 1.25 bits per heavy atom. The van der Waals surface area contributed by atoms with Gasteiger partial charge in [0, 0.05) is 17.4 Å². The van der Waals surface area contributed by atoms with Crippen LogP contribution in [0.5, 0.6) is 0 Å². The number of unbranched alkanes of at least 4 members (excludes halogenated alkanes) is 1. The monoisotopic (exact) mass is 350 g/mol. The number of hydrogen-bond donors (Lipinski definition) is 0. The van der Waals surface area contributed by atoms with E-state index in [-0.39, 0.29) is 18.2 Å². The average molecular weight is 350 g/mol. The van der Waals surface area contributed by atoms with Crippen molar-refractivity contribution in [2.24, 2.45) is 0 Å². The minimum absolute atomic E-state index is 0.114. The molecule has 24 heavy (non-hydrogen) atoms. The van der Waals surface area contributed by atoms with Crippen molar-refractivity contribution in [2.75, 3.05) is 5.75 Å². The topological polar surface area (TPSA) is 44.8 Å². The van der Waals surface area contributed by atoms with Gasteiger partial charge in [-0.1, -0.05) is 36.8 Å². The molecule has 0 amide bonds. The van der Waals surface area contributed by atoms with Crippen LogP contribution in [-0.2, 0) is 25.6 Å². The number of esters is 1. The maximum absolute atomic E-state index is 11.8. The zero-order valence-electron chi connectivity index (χ0n) is 14.4. The van der Waals surface area contributed by atoms with Gasteiger partial charge < -0.3 is 14.2 Å². The molecule has 0 aromatic heterocycles. The van der Waals surface area contributed by atoms with Crippen LogP contribution in [0.25, 0.3) is 0 Å². The van der Waals surface area contributed by atoms with E-state index in [2.05, 4.69) is 0 Å². The van der Waals surface area contributed by atoms with Crippen molar-refractivity contribution in [3.8, 4) is 0 Å². The van der Waals surface area contributed by atoms with Crippen LogP contribution in [0.1, 0.15) is 45.1 Å². The summed E-state index contributed by atoms with van der Waals surface area (Å²) in [5, 5.41) is 0.483. The Morgan fingerprint density at radius 2 is 2.04 bits per heavy atom. The van der Waals surface area contributed by atoms with Crippen LogP contribution in [0.15, 0.2) is 30.3 Å². The molecule has 0 N–H and O–H groups in total. The number of thioether (sulfide) groups is 1. The quantitative estimate of drug-likeness (QED) is 0.551. The second-order valence-corrected chi connectivity index (χ2v) is 8.17. The SMILES string of the molecule is CC1(C)OC2CS[C@@H](CCCCC(=O)OCc3ccccc3)[C@H]2O1. The zero-order chi connectivity index (χ0) is 17.0. The normalized spacial score (nSPS) is 27.8. The van der Waals surface area contributed by atoms with Gasteiger partial charge in [-0.15, -0.1) is 0 Å². The van der Waals surface area contributed by atoms with E-state index in [4.69, 9.17) is 14.2 Å². The first-order chi connectivity index (χ1) is 11.5. The molecule has 132 valence electrons. The summed E-state index contributed by atoms with van der Waals surface area (Å²) in [7, 11) is 0. The highest BCUT2D eigenvalue weighted by molar-refractivity contribution is 8.00. The van der Waals surface area contributed by atoms with Crippen molar-refractivity contribution in [2.45, 2.75) is 69.4 Å². The molecule has 5 heteroatoms. The van der Waals surface area contributed by atoms with Crippen LogP contribution < -0.4 is 0 Å². The molecule has 0 saturated carbocycles. The van der Waals surface area contributed by atoms with E-state index in [0.29, 0.717) is 18.3 Å². The van der Waals surface area contributed by atoms with Gasteiger partial charge in [-0.2, -0.15) is 11.8 Å². The van der Waals surface area contributed by atoms with Crippen molar-refractivity contribution in [3.63, 3.8) is 0 Å². The lowest BCUT2D eigenvalue weighted by molar-refractivity contribution is -0.145. The number of benzene rings is 1. The molecule has 0 radical (unpaired) electrons. The molecule has 1 unspecified atom stereocenters. The number of ether oxygens (including phenoxy) is 3. The summed E-state index contributed by atoms with van der Waals surface area (Å²) in [5.74, 6) is 0.450. The van der Waals surface area contributed by atoms with Crippen LogP contribution in [0.4, 0.5) is 0 Å². The van der Waals surface area contributed by atoms with E-state index in [1.54, 1.807) is 0 Å². The van der Waals surface area contributed by atoms with Gasteiger partial charge in [0.2, 0.25) is 0 Å². The Morgan fingerprint density at radius 3 is 2.83 bits per heavy atom. The van der Waals surface area contributed by atoms with Gasteiger partial charge >= 0.3 is 5.97 Å². The summed E-state index contributed by atoms with van der Waals surface area (Å²) in [4.78, 5) is 11.8. The van der Waals surface area contributed by atoms with Crippen molar-refractivity contribution in [1.82, 2.24) is 0 Å². The lowest BCUT2D eigenvalue weighted by Crippen LogP contribution is -2.27. The van der Waals surface area contributed by atoms with Crippen molar-refractivity contribution >= 4 is 17.7 Å². The van der Waals surface area contributed by atoms with E-state index >= 15 is 0 Å². The van der Waals surface area contributed by atoms with Crippen molar-refractivity contribution < 1.29 is 19.0 Å². The summed E-state index contributed by atoms with van der Waals surface area (Å²) in [5.41, 5.74) is 1.03. The first-order valence-electron chi connectivity index (χ1n) is 8.70. The molecule has 0 bridgehead atoms. The first-order valence-corrected chi connectivity index (χ1v) is 9.75. The molecule has 1 aromatic carbocycles. The van der Waals surface area contributed by atoms with Crippen molar-refractivity contribution in [3.05, 3.63) is 35.9 Å². The van der Waals surface area contributed by atoms with E-state index in [0.717, 1.165) is 30.6 Å². The number of fused-ring (bicyclic) bond motifs is 1. The number of carbonyl (C=O) groups excluding carboxylic acids is 1. The van der Waals surface area contributed by atoms with Crippen LogP contribution in [-0.4, -0.2) is 35.0 Å². The Balaban J connectivity index is 1.30. The molecule has 0 spiro atoms. The molecular weight excluding hydrogens is 324 g/mol. The van der Waals surface area contributed by atoms with E-state index in [1.165, 1.54) is 0 Å². The predicted octanol–water partition coefficient (Wildman–Crippen LogP) is 3.93. The van der Waals surface area contributed by atoms with Crippen LogP contribution >= 0.6 is 11.8 Å². The molecule has 3 atom stereocenters. The largest absolute Gasteiger partial charge is 0.461 e. The maximum atomic E-state index is 11.8. The van der Waals surface area contributed by atoms with Crippen LogP contribution in [0.3, 0.4) is 0 Å².